The SMILES string of the molecule is C[C@H]1NC(=O)c2cc(C(F)(F)F)ncc21. The van der Waals surface area contributed by atoms with Gasteiger partial charge in [0.15, 0.2) is 0 Å². The first kappa shape index (κ1) is 9.95. The zero-order chi connectivity index (χ0) is 11.2. The normalized spacial score (nSPS) is 20.0. The van der Waals surface area contributed by atoms with Gasteiger partial charge in [-0.3, -0.25) is 9.78 Å². The van der Waals surface area contributed by atoms with Crippen molar-refractivity contribution in [2.45, 2.75) is 19.1 Å². The van der Waals surface area contributed by atoms with Crippen molar-refractivity contribution in [3.05, 3.63) is 29.1 Å². The monoisotopic (exact) mass is 216 g/mol. The van der Waals surface area contributed by atoms with Crippen molar-refractivity contribution in [3.8, 4) is 0 Å². The van der Waals surface area contributed by atoms with Crippen LogP contribution in [0.5, 0.6) is 0 Å². The molecule has 0 saturated heterocycles. The van der Waals surface area contributed by atoms with E-state index in [2.05, 4.69) is 10.3 Å². The van der Waals surface area contributed by atoms with Crippen LogP contribution in [0.4, 0.5) is 13.2 Å². The van der Waals surface area contributed by atoms with Gasteiger partial charge in [-0.05, 0) is 13.0 Å². The summed E-state index contributed by atoms with van der Waals surface area (Å²) in [6.07, 6.45) is -3.41. The summed E-state index contributed by atoms with van der Waals surface area (Å²) < 4.78 is 36.9. The lowest BCUT2D eigenvalue weighted by molar-refractivity contribution is -0.141. The molecule has 2 heterocycles. The fraction of sp³-hybridized carbons (Fsp3) is 0.333. The van der Waals surface area contributed by atoms with Crippen LogP contribution < -0.4 is 5.32 Å². The molecule has 0 unspecified atom stereocenters. The molecular weight excluding hydrogens is 209 g/mol. The Morgan fingerprint density at radius 3 is 2.73 bits per heavy atom. The van der Waals surface area contributed by atoms with Gasteiger partial charge in [-0.25, -0.2) is 0 Å². The van der Waals surface area contributed by atoms with Crippen LogP contribution in [0.2, 0.25) is 0 Å². The molecule has 1 aliphatic heterocycles. The molecule has 1 atom stereocenters. The third kappa shape index (κ3) is 1.55. The number of halogens is 3. The van der Waals surface area contributed by atoms with Gasteiger partial charge < -0.3 is 5.32 Å². The van der Waals surface area contributed by atoms with E-state index in [-0.39, 0.29) is 11.6 Å². The fourth-order valence-corrected chi connectivity index (χ4v) is 1.51. The number of alkyl halides is 3. The summed E-state index contributed by atoms with van der Waals surface area (Å²) in [6, 6.07) is 0.510. The molecule has 1 amide bonds. The molecule has 0 bridgehead atoms. The number of hydrogen-bond acceptors (Lipinski definition) is 2. The molecule has 80 valence electrons. The van der Waals surface area contributed by atoms with Crippen molar-refractivity contribution in [1.82, 2.24) is 10.3 Å². The quantitative estimate of drug-likeness (QED) is 0.719. The number of carbonyl (C=O) groups excluding carboxylic acids is 1. The standard InChI is InChI=1S/C9H7F3N2O/c1-4-6-3-13-7(9(10,11)12)2-5(6)8(15)14-4/h2-4H,1H3,(H,14,15)/t4-/m1/s1. The Morgan fingerprint density at radius 1 is 1.47 bits per heavy atom. The Kier molecular flexibility index (Phi) is 1.95. The van der Waals surface area contributed by atoms with E-state index < -0.39 is 17.8 Å². The van der Waals surface area contributed by atoms with E-state index in [1.54, 1.807) is 6.92 Å². The topological polar surface area (TPSA) is 42.0 Å². The molecule has 6 heteroatoms. The van der Waals surface area contributed by atoms with Crippen molar-refractivity contribution in [1.29, 1.82) is 0 Å². The van der Waals surface area contributed by atoms with E-state index in [4.69, 9.17) is 0 Å². The van der Waals surface area contributed by atoms with Gasteiger partial charge in [0.25, 0.3) is 5.91 Å². The number of nitrogens with zero attached hydrogens (tertiary/aromatic N) is 1. The number of amides is 1. The smallest absolute Gasteiger partial charge is 0.345 e. The molecule has 0 radical (unpaired) electrons. The highest BCUT2D eigenvalue weighted by Gasteiger charge is 2.35. The van der Waals surface area contributed by atoms with Gasteiger partial charge in [0.05, 0.1) is 6.04 Å². The highest BCUT2D eigenvalue weighted by atomic mass is 19.4. The third-order valence-electron chi connectivity index (χ3n) is 2.28. The number of carbonyl (C=O) groups is 1. The zero-order valence-corrected chi connectivity index (χ0v) is 7.72. The van der Waals surface area contributed by atoms with Gasteiger partial charge in [-0.2, -0.15) is 13.2 Å². The van der Waals surface area contributed by atoms with Crippen molar-refractivity contribution in [2.24, 2.45) is 0 Å². The molecule has 0 aliphatic carbocycles. The zero-order valence-electron chi connectivity index (χ0n) is 7.72. The van der Waals surface area contributed by atoms with Crippen LogP contribution >= 0.6 is 0 Å². The van der Waals surface area contributed by atoms with Gasteiger partial charge in [0.1, 0.15) is 5.69 Å². The van der Waals surface area contributed by atoms with Gasteiger partial charge in [-0.15, -0.1) is 0 Å². The minimum Gasteiger partial charge on any atom is -0.345 e. The Bertz CT molecular complexity index is 428. The Hall–Kier alpha value is -1.59. The van der Waals surface area contributed by atoms with E-state index in [1.165, 1.54) is 0 Å². The largest absolute Gasteiger partial charge is 0.433 e. The second-order valence-corrected chi connectivity index (χ2v) is 3.35. The molecular formula is C9H7F3N2O. The van der Waals surface area contributed by atoms with Crippen molar-refractivity contribution >= 4 is 5.91 Å². The lowest BCUT2D eigenvalue weighted by atomic mass is 10.1. The van der Waals surface area contributed by atoms with Crippen LogP contribution in [-0.2, 0) is 6.18 Å². The lowest BCUT2D eigenvalue weighted by Gasteiger charge is -2.07. The first-order chi connectivity index (χ1) is 6.89. The number of hydrogen-bond donors (Lipinski definition) is 1. The maximum atomic E-state index is 12.3. The van der Waals surface area contributed by atoms with Crippen molar-refractivity contribution < 1.29 is 18.0 Å². The molecule has 0 fully saturated rings. The molecule has 2 rings (SSSR count). The molecule has 1 aliphatic rings. The minimum atomic E-state index is -4.51. The first-order valence-electron chi connectivity index (χ1n) is 4.27. The highest BCUT2D eigenvalue weighted by Crippen LogP contribution is 2.31. The maximum absolute atomic E-state index is 12.3. The molecule has 0 saturated carbocycles. The van der Waals surface area contributed by atoms with Gasteiger partial charge >= 0.3 is 6.18 Å². The Morgan fingerprint density at radius 2 is 2.13 bits per heavy atom. The van der Waals surface area contributed by atoms with E-state index in [1.807, 2.05) is 0 Å². The molecule has 1 aromatic heterocycles. The van der Waals surface area contributed by atoms with Crippen LogP contribution in [-0.4, -0.2) is 10.9 Å². The number of pyridine rings is 1. The van der Waals surface area contributed by atoms with Gasteiger partial charge in [0.2, 0.25) is 0 Å². The number of fused-ring (bicyclic) bond motifs is 1. The molecule has 1 aromatic rings. The molecule has 15 heavy (non-hydrogen) atoms. The van der Waals surface area contributed by atoms with Gasteiger partial charge in [0, 0.05) is 17.3 Å². The van der Waals surface area contributed by atoms with Crippen LogP contribution in [0.3, 0.4) is 0 Å². The van der Waals surface area contributed by atoms with Crippen molar-refractivity contribution in [2.75, 3.05) is 0 Å². The number of nitrogens with one attached hydrogen (secondary N) is 1. The second kappa shape index (κ2) is 2.95. The average Bonchev–Trinajstić information content (AvgIpc) is 2.41. The summed E-state index contributed by atoms with van der Waals surface area (Å²) in [5.74, 6) is -0.481. The second-order valence-electron chi connectivity index (χ2n) is 3.35. The van der Waals surface area contributed by atoms with E-state index in [0.717, 1.165) is 12.3 Å². The predicted octanol–water partition coefficient (Wildman–Crippen LogP) is 1.90. The van der Waals surface area contributed by atoms with Crippen LogP contribution in [0.25, 0.3) is 0 Å². The van der Waals surface area contributed by atoms with Crippen LogP contribution in [0.15, 0.2) is 12.3 Å². The fourth-order valence-electron chi connectivity index (χ4n) is 1.51. The van der Waals surface area contributed by atoms with E-state index in [9.17, 15) is 18.0 Å². The van der Waals surface area contributed by atoms with Crippen molar-refractivity contribution in [3.63, 3.8) is 0 Å². The molecule has 3 nitrogen and oxygen atoms in total. The summed E-state index contributed by atoms with van der Waals surface area (Å²) in [5, 5.41) is 2.51. The first-order valence-corrected chi connectivity index (χ1v) is 4.27. The summed E-state index contributed by atoms with van der Waals surface area (Å²) >= 11 is 0. The van der Waals surface area contributed by atoms with E-state index >= 15 is 0 Å². The molecule has 0 aromatic carbocycles. The number of rotatable bonds is 0. The van der Waals surface area contributed by atoms with Crippen LogP contribution in [0, 0.1) is 0 Å². The summed E-state index contributed by atoms with van der Waals surface area (Å²) in [5.41, 5.74) is -0.469. The number of aromatic nitrogens is 1. The summed E-state index contributed by atoms with van der Waals surface area (Å²) in [7, 11) is 0. The summed E-state index contributed by atoms with van der Waals surface area (Å²) in [6.45, 7) is 1.69. The minimum absolute atomic E-state index is 0.0600. The molecule has 1 N–H and O–H groups in total. The highest BCUT2D eigenvalue weighted by molar-refractivity contribution is 5.99. The Balaban J connectivity index is 2.52. The maximum Gasteiger partial charge on any atom is 0.433 e. The van der Waals surface area contributed by atoms with E-state index in [0.29, 0.717) is 5.56 Å². The van der Waals surface area contributed by atoms with Gasteiger partial charge in [-0.1, -0.05) is 0 Å². The average molecular weight is 216 g/mol. The van der Waals surface area contributed by atoms with Crippen LogP contribution in [0.1, 0.15) is 34.6 Å². The Labute approximate surface area is 83.3 Å². The predicted molar refractivity (Wildman–Crippen MR) is 45.1 cm³/mol. The molecule has 0 spiro atoms. The third-order valence-corrected chi connectivity index (χ3v) is 2.28. The summed E-state index contributed by atoms with van der Waals surface area (Å²) in [4.78, 5) is 14.5. The lowest BCUT2D eigenvalue weighted by Crippen LogP contribution is -2.16.